The summed E-state index contributed by atoms with van der Waals surface area (Å²) in [5, 5.41) is 14.2. The fraction of sp³-hybridized carbons (Fsp3) is 0.571. The molecule has 0 aliphatic carbocycles. The van der Waals surface area contributed by atoms with Gasteiger partial charge in [-0.05, 0) is 31.9 Å². The average molecular weight is 298 g/mol. The van der Waals surface area contributed by atoms with Crippen molar-refractivity contribution in [3.8, 4) is 0 Å². The fourth-order valence-corrected chi connectivity index (χ4v) is 1.89. The minimum Gasteiger partial charge on any atom is -0.480 e. The molecule has 2 atom stereocenters. The second-order valence-electron chi connectivity index (χ2n) is 4.83. The van der Waals surface area contributed by atoms with Gasteiger partial charge in [-0.1, -0.05) is 0 Å². The fourth-order valence-electron chi connectivity index (χ4n) is 1.89. The van der Waals surface area contributed by atoms with E-state index in [2.05, 4.69) is 10.6 Å². The van der Waals surface area contributed by atoms with E-state index in [4.69, 9.17) is 14.3 Å². The van der Waals surface area contributed by atoms with Gasteiger partial charge in [-0.2, -0.15) is 0 Å². The highest BCUT2D eigenvalue weighted by Gasteiger charge is 2.20. The first kappa shape index (κ1) is 17.0. The molecule has 1 rings (SSSR count). The first-order chi connectivity index (χ1) is 10.0. The van der Waals surface area contributed by atoms with Crippen LogP contribution in [0.2, 0.25) is 0 Å². The first-order valence-corrected chi connectivity index (χ1v) is 6.84. The Morgan fingerprint density at radius 2 is 2.19 bits per heavy atom. The third-order valence-corrected chi connectivity index (χ3v) is 2.91. The molecule has 0 radical (unpaired) electrons. The van der Waals surface area contributed by atoms with Crippen LogP contribution in [0.3, 0.4) is 0 Å². The van der Waals surface area contributed by atoms with Crippen molar-refractivity contribution in [2.24, 2.45) is 0 Å². The Labute approximate surface area is 123 Å². The molecular formula is C14H22N2O5. The number of methoxy groups -OCH3 is 1. The van der Waals surface area contributed by atoms with Gasteiger partial charge in [-0.3, -0.25) is 0 Å². The van der Waals surface area contributed by atoms with Gasteiger partial charge in [0.15, 0.2) is 0 Å². The summed E-state index contributed by atoms with van der Waals surface area (Å²) >= 11 is 0. The first-order valence-electron chi connectivity index (χ1n) is 6.84. The van der Waals surface area contributed by atoms with Crippen LogP contribution in [-0.4, -0.2) is 42.9 Å². The van der Waals surface area contributed by atoms with Gasteiger partial charge < -0.3 is 24.9 Å². The van der Waals surface area contributed by atoms with E-state index in [-0.39, 0.29) is 6.04 Å². The molecule has 0 saturated heterocycles. The molecule has 0 bridgehead atoms. The van der Waals surface area contributed by atoms with Gasteiger partial charge >= 0.3 is 12.0 Å². The van der Waals surface area contributed by atoms with Gasteiger partial charge in [0.2, 0.25) is 0 Å². The normalized spacial score (nSPS) is 13.4. The van der Waals surface area contributed by atoms with Gasteiger partial charge in [0.25, 0.3) is 0 Å². The van der Waals surface area contributed by atoms with Crippen molar-refractivity contribution < 1.29 is 23.8 Å². The lowest BCUT2D eigenvalue weighted by atomic mass is 10.1. The predicted octanol–water partition coefficient (Wildman–Crippen LogP) is 1.39. The monoisotopic (exact) mass is 298 g/mol. The quantitative estimate of drug-likeness (QED) is 0.598. The van der Waals surface area contributed by atoms with Crippen LogP contribution in [0.15, 0.2) is 22.8 Å². The molecular weight excluding hydrogens is 276 g/mol. The molecule has 2 amide bonds. The Kier molecular flexibility index (Phi) is 7.31. The Morgan fingerprint density at radius 1 is 1.43 bits per heavy atom. The maximum absolute atomic E-state index is 11.8. The number of aliphatic carboxylic acids is 1. The summed E-state index contributed by atoms with van der Waals surface area (Å²) in [6.07, 6.45) is 3.00. The van der Waals surface area contributed by atoms with Crippen molar-refractivity contribution in [3.05, 3.63) is 24.2 Å². The summed E-state index contributed by atoms with van der Waals surface area (Å²) in [5.74, 6) is -0.294. The van der Waals surface area contributed by atoms with Crippen LogP contribution in [0, 0.1) is 0 Å². The van der Waals surface area contributed by atoms with Crippen molar-refractivity contribution in [2.45, 2.75) is 38.3 Å². The van der Waals surface area contributed by atoms with Gasteiger partial charge in [0.05, 0.1) is 6.26 Å². The third kappa shape index (κ3) is 6.80. The van der Waals surface area contributed by atoms with E-state index in [1.807, 2.05) is 13.0 Å². The number of furan rings is 1. The number of nitrogens with one attached hydrogen (secondary N) is 2. The van der Waals surface area contributed by atoms with Gasteiger partial charge in [-0.15, -0.1) is 0 Å². The second kappa shape index (κ2) is 9.02. The Bertz CT molecular complexity index is 433. The van der Waals surface area contributed by atoms with Crippen molar-refractivity contribution in [2.75, 3.05) is 13.7 Å². The van der Waals surface area contributed by atoms with Crippen molar-refractivity contribution in [3.63, 3.8) is 0 Å². The molecule has 2 unspecified atom stereocenters. The average Bonchev–Trinajstić information content (AvgIpc) is 2.90. The second-order valence-corrected chi connectivity index (χ2v) is 4.83. The Morgan fingerprint density at radius 3 is 2.76 bits per heavy atom. The smallest absolute Gasteiger partial charge is 0.326 e. The predicted molar refractivity (Wildman–Crippen MR) is 76.1 cm³/mol. The number of rotatable bonds is 9. The Hall–Kier alpha value is -2.02. The number of hydrogen-bond donors (Lipinski definition) is 3. The molecule has 0 aliphatic rings. The number of carbonyl (C=O) groups excluding carboxylic acids is 1. The number of hydrogen-bond acceptors (Lipinski definition) is 4. The maximum atomic E-state index is 11.8. The van der Waals surface area contributed by atoms with E-state index >= 15 is 0 Å². The summed E-state index contributed by atoms with van der Waals surface area (Å²) in [7, 11) is 1.55. The van der Waals surface area contributed by atoms with Crippen LogP contribution in [0.1, 0.15) is 25.5 Å². The number of carboxylic acid groups (broad SMARTS) is 1. The zero-order chi connectivity index (χ0) is 15.7. The molecule has 0 spiro atoms. The van der Waals surface area contributed by atoms with E-state index in [1.54, 1.807) is 19.4 Å². The molecule has 3 N–H and O–H groups in total. The molecule has 1 heterocycles. The van der Waals surface area contributed by atoms with Crippen molar-refractivity contribution in [1.29, 1.82) is 0 Å². The zero-order valence-corrected chi connectivity index (χ0v) is 12.3. The van der Waals surface area contributed by atoms with E-state index in [0.29, 0.717) is 25.9 Å². The van der Waals surface area contributed by atoms with Crippen LogP contribution in [0.5, 0.6) is 0 Å². The third-order valence-electron chi connectivity index (χ3n) is 2.91. The number of amides is 2. The van der Waals surface area contributed by atoms with Crippen molar-refractivity contribution >= 4 is 12.0 Å². The highest BCUT2D eigenvalue weighted by Crippen LogP contribution is 2.04. The molecule has 0 fully saturated rings. The summed E-state index contributed by atoms with van der Waals surface area (Å²) < 4.78 is 10.1. The van der Waals surface area contributed by atoms with Gasteiger partial charge in [0, 0.05) is 26.2 Å². The van der Waals surface area contributed by atoms with Crippen LogP contribution < -0.4 is 10.6 Å². The molecule has 1 aromatic heterocycles. The molecule has 1 aromatic rings. The van der Waals surface area contributed by atoms with E-state index in [9.17, 15) is 9.59 Å². The highest BCUT2D eigenvalue weighted by atomic mass is 16.5. The lowest BCUT2D eigenvalue weighted by Gasteiger charge is -2.17. The van der Waals surface area contributed by atoms with Crippen LogP contribution in [0.25, 0.3) is 0 Å². The van der Waals surface area contributed by atoms with Crippen LogP contribution in [0.4, 0.5) is 4.79 Å². The topological polar surface area (TPSA) is 101 Å². The molecule has 0 aromatic carbocycles. The molecule has 7 nitrogen and oxygen atoms in total. The van der Waals surface area contributed by atoms with Gasteiger partial charge in [0.1, 0.15) is 11.8 Å². The summed E-state index contributed by atoms with van der Waals surface area (Å²) in [6.45, 7) is 2.28. The molecule has 21 heavy (non-hydrogen) atoms. The number of ether oxygens (including phenoxy) is 1. The summed E-state index contributed by atoms with van der Waals surface area (Å²) in [5.41, 5.74) is 0. The minimum atomic E-state index is -1.06. The van der Waals surface area contributed by atoms with E-state index in [1.165, 1.54) is 0 Å². The van der Waals surface area contributed by atoms with E-state index < -0.39 is 18.0 Å². The zero-order valence-electron chi connectivity index (χ0n) is 12.3. The summed E-state index contributed by atoms with van der Waals surface area (Å²) in [6, 6.07) is 2.01. The van der Waals surface area contributed by atoms with Crippen LogP contribution in [-0.2, 0) is 16.0 Å². The number of carboxylic acids is 1. The standard InChI is InChI=1S/C14H22N2O5/c1-10(9-11-5-3-8-21-11)15-14(19)16-12(13(17)18)6-4-7-20-2/h3,5,8,10,12H,4,6-7,9H2,1-2H3,(H,17,18)(H2,15,16,19). The Balaban J connectivity index is 2.36. The number of carbonyl (C=O) groups is 2. The number of urea groups is 1. The van der Waals surface area contributed by atoms with Gasteiger partial charge in [-0.25, -0.2) is 9.59 Å². The summed E-state index contributed by atoms with van der Waals surface area (Å²) in [4.78, 5) is 22.9. The molecule has 118 valence electrons. The van der Waals surface area contributed by atoms with E-state index in [0.717, 1.165) is 5.76 Å². The molecule has 0 aliphatic heterocycles. The highest BCUT2D eigenvalue weighted by molar-refractivity contribution is 5.82. The SMILES string of the molecule is COCCCC(NC(=O)NC(C)Cc1ccco1)C(=O)O. The largest absolute Gasteiger partial charge is 0.480 e. The minimum absolute atomic E-state index is 0.162. The maximum Gasteiger partial charge on any atom is 0.326 e. The van der Waals surface area contributed by atoms with Crippen LogP contribution >= 0.6 is 0 Å². The lowest BCUT2D eigenvalue weighted by molar-refractivity contribution is -0.139. The lowest BCUT2D eigenvalue weighted by Crippen LogP contribution is -2.48. The molecule has 0 saturated carbocycles. The molecule has 7 heteroatoms. The van der Waals surface area contributed by atoms with Crippen molar-refractivity contribution in [1.82, 2.24) is 10.6 Å².